The van der Waals surface area contributed by atoms with E-state index in [0.29, 0.717) is 13.2 Å². The predicted octanol–water partition coefficient (Wildman–Crippen LogP) is 1.22. The molecule has 2 aliphatic heterocycles. The molecule has 6 nitrogen and oxygen atoms in total. The lowest BCUT2D eigenvalue weighted by Gasteiger charge is -2.35. The largest absolute Gasteiger partial charge is 0.373 e. The van der Waals surface area contributed by atoms with Crippen molar-refractivity contribution in [2.45, 2.75) is 38.7 Å². The smallest absolute Gasteiger partial charge is 0.254 e. The van der Waals surface area contributed by atoms with Gasteiger partial charge in [-0.15, -0.1) is 0 Å². The van der Waals surface area contributed by atoms with Crippen LogP contribution in [0.2, 0.25) is 0 Å². The molecule has 1 amide bonds. The predicted molar refractivity (Wildman–Crippen MR) is 93.0 cm³/mol. The lowest BCUT2D eigenvalue weighted by Crippen LogP contribution is -2.46. The van der Waals surface area contributed by atoms with Crippen LogP contribution in [0, 0.1) is 0 Å². The molecule has 3 atom stereocenters. The van der Waals surface area contributed by atoms with Gasteiger partial charge in [-0.2, -0.15) is 0 Å². The van der Waals surface area contributed by atoms with E-state index in [4.69, 9.17) is 9.47 Å². The summed E-state index contributed by atoms with van der Waals surface area (Å²) in [6.07, 6.45) is 0.0460. The van der Waals surface area contributed by atoms with Crippen LogP contribution in [-0.4, -0.2) is 61.9 Å². The number of nitrogens with zero attached hydrogens (tertiary/aromatic N) is 1. The highest BCUT2D eigenvalue weighted by Gasteiger charge is 2.24. The molecule has 0 spiro atoms. The lowest BCUT2D eigenvalue weighted by atomic mass is 10.1. The van der Waals surface area contributed by atoms with Gasteiger partial charge in [-0.05, 0) is 25.5 Å². The molecule has 3 unspecified atom stereocenters. The van der Waals surface area contributed by atoms with E-state index in [-0.39, 0.29) is 18.1 Å². The average Bonchev–Trinajstić information content (AvgIpc) is 2.56. The van der Waals surface area contributed by atoms with Crippen molar-refractivity contribution in [2.75, 3.05) is 38.1 Å². The van der Waals surface area contributed by atoms with E-state index in [0.717, 1.165) is 37.4 Å². The molecule has 1 aromatic rings. The third-order valence-electron chi connectivity index (χ3n) is 4.38. The highest BCUT2D eigenvalue weighted by molar-refractivity contribution is 5.95. The molecule has 2 N–H and O–H groups in total. The van der Waals surface area contributed by atoms with Crippen LogP contribution < -0.4 is 10.6 Å². The molecular formula is C18H27N3O3. The first kappa shape index (κ1) is 17.4. The first-order valence-electron chi connectivity index (χ1n) is 8.70. The molecule has 2 heterocycles. The Hall–Kier alpha value is -1.47. The molecule has 3 rings (SSSR count). The van der Waals surface area contributed by atoms with Crippen LogP contribution in [-0.2, 0) is 20.8 Å². The summed E-state index contributed by atoms with van der Waals surface area (Å²) >= 11 is 0. The molecule has 0 bridgehead atoms. The Morgan fingerprint density at radius 1 is 1.29 bits per heavy atom. The van der Waals surface area contributed by atoms with Gasteiger partial charge in [0.15, 0.2) is 0 Å². The maximum Gasteiger partial charge on any atom is 0.254 e. The van der Waals surface area contributed by atoms with Gasteiger partial charge in [-0.3, -0.25) is 9.69 Å². The van der Waals surface area contributed by atoms with Crippen LogP contribution in [0.15, 0.2) is 24.3 Å². The number of ether oxygens (including phenoxy) is 2. The third-order valence-corrected chi connectivity index (χ3v) is 4.38. The second-order valence-corrected chi connectivity index (χ2v) is 6.66. The molecule has 0 aromatic heterocycles. The molecule has 6 heteroatoms. The second kappa shape index (κ2) is 8.07. The molecule has 2 aliphatic rings. The van der Waals surface area contributed by atoms with Crippen LogP contribution in [0.25, 0.3) is 0 Å². The number of amides is 1. The van der Waals surface area contributed by atoms with Gasteiger partial charge < -0.3 is 20.1 Å². The van der Waals surface area contributed by atoms with E-state index in [9.17, 15) is 4.79 Å². The van der Waals surface area contributed by atoms with E-state index in [1.807, 2.05) is 18.2 Å². The Labute approximate surface area is 143 Å². The normalized spacial score (nSPS) is 28.5. The van der Waals surface area contributed by atoms with Gasteiger partial charge in [0.2, 0.25) is 0 Å². The minimum atomic E-state index is -0.421. The lowest BCUT2D eigenvalue weighted by molar-refractivity contribution is -0.128. The van der Waals surface area contributed by atoms with Crippen molar-refractivity contribution in [1.82, 2.24) is 10.2 Å². The molecule has 0 aliphatic carbocycles. The fourth-order valence-corrected chi connectivity index (χ4v) is 3.38. The monoisotopic (exact) mass is 333 g/mol. The van der Waals surface area contributed by atoms with Crippen molar-refractivity contribution in [3.8, 4) is 0 Å². The zero-order valence-electron chi connectivity index (χ0n) is 14.5. The number of hydrogen-bond acceptors (Lipinski definition) is 5. The molecule has 1 aromatic carbocycles. The Bertz CT molecular complexity index is 550. The molecule has 2 fully saturated rings. The van der Waals surface area contributed by atoms with E-state index >= 15 is 0 Å². The van der Waals surface area contributed by atoms with Crippen LogP contribution in [0.3, 0.4) is 0 Å². The maximum atomic E-state index is 12.4. The van der Waals surface area contributed by atoms with Gasteiger partial charge in [0.25, 0.3) is 5.91 Å². The molecule has 24 heavy (non-hydrogen) atoms. The van der Waals surface area contributed by atoms with Crippen molar-refractivity contribution in [1.29, 1.82) is 0 Å². The van der Waals surface area contributed by atoms with Crippen LogP contribution in [0.5, 0.6) is 0 Å². The van der Waals surface area contributed by atoms with E-state index in [1.165, 1.54) is 0 Å². The molecule has 2 saturated heterocycles. The summed E-state index contributed by atoms with van der Waals surface area (Å²) in [4.78, 5) is 14.8. The minimum Gasteiger partial charge on any atom is -0.373 e. The SMILES string of the molecule is CC1CN(Cc2ccccc2NC(=O)C2CNCCO2)CC(C)O1. The zero-order chi connectivity index (χ0) is 16.9. The summed E-state index contributed by atoms with van der Waals surface area (Å²) in [7, 11) is 0. The number of carbonyl (C=O) groups is 1. The number of hydrogen-bond donors (Lipinski definition) is 2. The maximum absolute atomic E-state index is 12.4. The van der Waals surface area contributed by atoms with Gasteiger partial charge in [0.1, 0.15) is 6.10 Å². The van der Waals surface area contributed by atoms with Crippen molar-refractivity contribution in [3.63, 3.8) is 0 Å². The molecular weight excluding hydrogens is 306 g/mol. The van der Waals surface area contributed by atoms with E-state index < -0.39 is 6.10 Å². The number of para-hydroxylation sites is 1. The summed E-state index contributed by atoms with van der Waals surface area (Å²) in [5.74, 6) is -0.0848. The number of morpholine rings is 2. The second-order valence-electron chi connectivity index (χ2n) is 6.66. The fraction of sp³-hybridized carbons (Fsp3) is 0.611. The summed E-state index contributed by atoms with van der Waals surface area (Å²) < 4.78 is 11.3. The van der Waals surface area contributed by atoms with Gasteiger partial charge in [0, 0.05) is 38.4 Å². The van der Waals surface area contributed by atoms with Gasteiger partial charge >= 0.3 is 0 Å². The first-order chi connectivity index (χ1) is 11.6. The molecule has 0 saturated carbocycles. The Balaban J connectivity index is 1.65. The zero-order valence-corrected chi connectivity index (χ0v) is 14.5. The highest BCUT2D eigenvalue weighted by atomic mass is 16.5. The van der Waals surface area contributed by atoms with Crippen molar-refractivity contribution < 1.29 is 14.3 Å². The number of rotatable bonds is 4. The van der Waals surface area contributed by atoms with Crippen LogP contribution >= 0.6 is 0 Å². The summed E-state index contributed by atoms with van der Waals surface area (Å²) in [6.45, 7) is 8.75. The fourth-order valence-electron chi connectivity index (χ4n) is 3.38. The standard InChI is InChI=1S/C18H27N3O3/c1-13-10-21(11-14(2)24-13)12-15-5-3-4-6-16(15)20-18(22)17-9-19-7-8-23-17/h3-6,13-14,17,19H,7-12H2,1-2H3,(H,20,22). The summed E-state index contributed by atoms with van der Waals surface area (Å²) in [5.41, 5.74) is 1.99. The van der Waals surface area contributed by atoms with Gasteiger partial charge in [0.05, 0.1) is 18.8 Å². The van der Waals surface area contributed by atoms with Crippen molar-refractivity contribution in [3.05, 3.63) is 29.8 Å². The van der Waals surface area contributed by atoms with E-state index in [2.05, 4.69) is 35.4 Å². The quantitative estimate of drug-likeness (QED) is 0.868. The minimum absolute atomic E-state index is 0.0848. The summed E-state index contributed by atoms with van der Waals surface area (Å²) in [6, 6.07) is 7.98. The highest BCUT2D eigenvalue weighted by Crippen LogP contribution is 2.20. The van der Waals surface area contributed by atoms with Gasteiger partial charge in [-0.1, -0.05) is 18.2 Å². The Kier molecular flexibility index (Phi) is 5.84. The van der Waals surface area contributed by atoms with Crippen LogP contribution in [0.4, 0.5) is 5.69 Å². The third kappa shape index (κ3) is 4.54. The number of carbonyl (C=O) groups excluding carboxylic acids is 1. The Morgan fingerprint density at radius 3 is 2.75 bits per heavy atom. The topological polar surface area (TPSA) is 62.8 Å². The van der Waals surface area contributed by atoms with Gasteiger partial charge in [-0.25, -0.2) is 0 Å². The van der Waals surface area contributed by atoms with E-state index in [1.54, 1.807) is 0 Å². The molecule has 0 radical (unpaired) electrons. The van der Waals surface area contributed by atoms with Crippen molar-refractivity contribution in [2.24, 2.45) is 0 Å². The first-order valence-corrected chi connectivity index (χ1v) is 8.70. The number of nitrogens with one attached hydrogen (secondary N) is 2. The summed E-state index contributed by atoms with van der Waals surface area (Å²) in [5, 5.41) is 6.21. The number of benzene rings is 1. The average molecular weight is 333 g/mol. The van der Waals surface area contributed by atoms with Crippen molar-refractivity contribution >= 4 is 11.6 Å². The molecule has 132 valence electrons. The Morgan fingerprint density at radius 2 is 2.04 bits per heavy atom. The van der Waals surface area contributed by atoms with Crippen LogP contribution in [0.1, 0.15) is 19.4 Å². The number of anilines is 1.